The van der Waals surface area contributed by atoms with Gasteiger partial charge in [0.2, 0.25) is 0 Å². The minimum absolute atomic E-state index is 0.521. The number of allylic oxidation sites excluding steroid dienone is 1. The molecule has 0 amide bonds. The van der Waals surface area contributed by atoms with E-state index >= 15 is 0 Å². The van der Waals surface area contributed by atoms with Gasteiger partial charge < -0.3 is 0 Å². The van der Waals surface area contributed by atoms with Crippen LogP contribution in [0.1, 0.15) is 39.5 Å². The highest BCUT2D eigenvalue weighted by atomic mass is 15.2. The van der Waals surface area contributed by atoms with Crippen molar-refractivity contribution in [1.29, 1.82) is 0 Å². The minimum Gasteiger partial charge on any atom is -0.297 e. The second-order valence-corrected chi connectivity index (χ2v) is 5.81. The molecule has 2 unspecified atom stereocenters. The third-order valence-electron chi connectivity index (χ3n) is 4.84. The molecular weight excluding hydrogens is 170 g/mol. The largest absolute Gasteiger partial charge is 0.297 e. The lowest BCUT2D eigenvalue weighted by molar-refractivity contribution is 0.258. The lowest BCUT2D eigenvalue weighted by Gasteiger charge is -2.28. The lowest BCUT2D eigenvalue weighted by Crippen LogP contribution is -2.33. The molecule has 2 aliphatic carbocycles. The average Bonchev–Trinajstić information content (AvgIpc) is 2.81. The van der Waals surface area contributed by atoms with Crippen molar-refractivity contribution in [2.75, 3.05) is 13.1 Å². The predicted octanol–water partition coefficient (Wildman–Crippen LogP) is 2.83. The molecule has 1 nitrogen and oxygen atoms in total. The lowest BCUT2D eigenvalue weighted by atomic mass is 9.83. The van der Waals surface area contributed by atoms with Gasteiger partial charge in [-0.25, -0.2) is 0 Å². The van der Waals surface area contributed by atoms with E-state index < -0.39 is 0 Å². The van der Waals surface area contributed by atoms with Crippen LogP contribution in [0.5, 0.6) is 0 Å². The summed E-state index contributed by atoms with van der Waals surface area (Å²) in [6.45, 7) is 7.61. The van der Waals surface area contributed by atoms with Gasteiger partial charge in [-0.15, -0.1) is 0 Å². The van der Waals surface area contributed by atoms with E-state index in [-0.39, 0.29) is 0 Å². The normalized spacial score (nSPS) is 40.6. The molecule has 2 fully saturated rings. The number of hydrogen-bond acceptors (Lipinski definition) is 1. The van der Waals surface area contributed by atoms with Crippen LogP contribution in [-0.2, 0) is 0 Å². The molecule has 0 radical (unpaired) electrons. The molecule has 0 aromatic rings. The van der Waals surface area contributed by atoms with Crippen LogP contribution in [0.3, 0.4) is 0 Å². The number of rotatable bonds is 1. The first-order chi connectivity index (χ1) is 6.69. The van der Waals surface area contributed by atoms with E-state index in [1.165, 1.54) is 38.8 Å². The van der Waals surface area contributed by atoms with Gasteiger partial charge >= 0.3 is 0 Å². The van der Waals surface area contributed by atoms with Crippen LogP contribution < -0.4 is 0 Å². The summed E-state index contributed by atoms with van der Waals surface area (Å²) in [5, 5.41) is 0. The Labute approximate surface area is 87.2 Å². The standard InChI is InChI=1S/C13H21N/c1-13(2)10-5-6-11(13)12(9-10)14-7-3-4-8-14/h6,10,12H,3-5,7-9H2,1-2H3. The smallest absolute Gasteiger partial charge is 0.0315 e. The summed E-state index contributed by atoms with van der Waals surface area (Å²) < 4.78 is 0. The summed E-state index contributed by atoms with van der Waals surface area (Å²) in [5.41, 5.74) is 2.29. The van der Waals surface area contributed by atoms with Crippen LogP contribution in [0.15, 0.2) is 11.6 Å². The van der Waals surface area contributed by atoms with Gasteiger partial charge in [0.1, 0.15) is 0 Å². The maximum Gasteiger partial charge on any atom is 0.0315 e. The van der Waals surface area contributed by atoms with Crippen LogP contribution in [0.2, 0.25) is 0 Å². The van der Waals surface area contributed by atoms with Gasteiger partial charge in [0, 0.05) is 6.04 Å². The maximum atomic E-state index is 2.73. The molecule has 0 N–H and O–H groups in total. The van der Waals surface area contributed by atoms with Crippen molar-refractivity contribution in [1.82, 2.24) is 4.90 Å². The highest BCUT2D eigenvalue weighted by molar-refractivity contribution is 5.32. The predicted molar refractivity (Wildman–Crippen MR) is 59.2 cm³/mol. The Bertz CT molecular complexity index is 271. The summed E-state index contributed by atoms with van der Waals surface area (Å²) in [6, 6.07) is 0.825. The number of fused-ring (bicyclic) bond motifs is 2. The highest BCUT2D eigenvalue weighted by Crippen LogP contribution is 2.55. The van der Waals surface area contributed by atoms with E-state index in [4.69, 9.17) is 0 Å². The van der Waals surface area contributed by atoms with Gasteiger partial charge in [-0.3, -0.25) is 4.90 Å². The molecule has 0 aromatic heterocycles. The van der Waals surface area contributed by atoms with Gasteiger partial charge in [0.15, 0.2) is 0 Å². The summed E-state index contributed by atoms with van der Waals surface area (Å²) in [6.07, 6.45) is 8.19. The first-order valence-electron chi connectivity index (χ1n) is 6.14. The van der Waals surface area contributed by atoms with Crippen LogP contribution in [0.25, 0.3) is 0 Å². The topological polar surface area (TPSA) is 3.24 Å². The number of nitrogens with zero attached hydrogens (tertiary/aromatic N) is 1. The minimum atomic E-state index is 0.521. The monoisotopic (exact) mass is 191 g/mol. The summed E-state index contributed by atoms with van der Waals surface area (Å²) in [4.78, 5) is 2.73. The Balaban J connectivity index is 1.85. The van der Waals surface area contributed by atoms with Gasteiger partial charge in [-0.05, 0) is 50.1 Å². The van der Waals surface area contributed by atoms with Gasteiger partial charge in [-0.2, -0.15) is 0 Å². The van der Waals surface area contributed by atoms with E-state index in [0.29, 0.717) is 5.41 Å². The number of likely N-dealkylation sites (tertiary alicyclic amines) is 1. The zero-order valence-corrected chi connectivity index (χ0v) is 9.42. The van der Waals surface area contributed by atoms with Crippen LogP contribution in [0, 0.1) is 11.3 Å². The van der Waals surface area contributed by atoms with E-state index in [1.807, 2.05) is 0 Å². The van der Waals surface area contributed by atoms with Crippen molar-refractivity contribution in [3.05, 3.63) is 11.6 Å². The summed E-state index contributed by atoms with van der Waals surface area (Å²) in [7, 11) is 0. The highest BCUT2D eigenvalue weighted by Gasteiger charge is 2.49. The Morgan fingerprint density at radius 1 is 1.29 bits per heavy atom. The molecule has 2 bridgehead atoms. The summed E-state index contributed by atoms with van der Waals surface area (Å²) in [5.74, 6) is 0.947. The van der Waals surface area contributed by atoms with Crippen molar-refractivity contribution >= 4 is 0 Å². The second-order valence-electron chi connectivity index (χ2n) is 5.81. The fraction of sp³-hybridized carbons (Fsp3) is 0.846. The molecule has 0 aromatic carbocycles. The second kappa shape index (κ2) is 2.85. The Kier molecular flexibility index (Phi) is 1.82. The zero-order valence-electron chi connectivity index (χ0n) is 9.42. The fourth-order valence-corrected chi connectivity index (χ4v) is 3.81. The van der Waals surface area contributed by atoms with Crippen LogP contribution in [0.4, 0.5) is 0 Å². The van der Waals surface area contributed by atoms with Gasteiger partial charge in [0.05, 0.1) is 0 Å². The van der Waals surface area contributed by atoms with Crippen molar-refractivity contribution in [2.24, 2.45) is 11.3 Å². The molecule has 78 valence electrons. The molecule has 1 heteroatoms. The maximum absolute atomic E-state index is 2.73. The Morgan fingerprint density at radius 2 is 2.00 bits per heavy atom. The summed E-state index contributed by atoms with van der Waals surface area (Å²) >= 11 is 0. The quantitative estimate of drug-likeness (QED) is 0.576. The molecule has 3 rings (SSSR count). The molecule has 14 heavy (non-hydrogen) atoms. The van der Waals surface area contributed by atoms with Crippen molar-refractivity contribution in [3.8, 4) is 0 Å². The molecule has 1 heterocycles. The molecule has 1 saturated heterocycles. The van der Waals surface area contributed by atoms with Gasteiger partial charge in [-0.1, -0.05) is 25.5 Å². The van der Waals surface area contributed by atoms with E-state index in [0.717, 1.165) is 12.0 Å². The van der Waals surface area contributed by atoms with Crippen molar-refractivity contribution in [2.45, 2.75) is 45.6 Å². The third kappa shape index (κ3) is 1.05. The molecule has 2 atom stereocenters. The Morgan fingerprint density at radius 3 is 2.50 bits per heavy atom. The molecular formula is C13H21N. The first-order valence-corrected chi connectivity index (χ1v) is 6.14. The Hall–Kier alpha value is -0.300. The molecule has 3 aliphatic rings. The SMILES string of the molecule is CC1(C)C2=CCC1CC2N1CCCC1. The zero-order chi connectivity index (χ0) is 9.76. The van der Waals surface area contributed by atoms with Crippen LogP contribution >= 0.6 is 0 Å². The number of hydrogen-bond donors (Lipinski definition) is 0. The average molecular weight is 191 g/mol. The van der Waals surface area contributed by atoms with E-state index in [2.05, 4.69) is 24.8 Å². The first kappa shape index (κ1) is 8.96. The van der Waals surface area contributed by atoms with Crippen molar-refractivity contribution in [3.63, 3.8) is 0 Å². The van der Waals surface area contributed by atoms with E-state index in [9.17, 15) is 0 Å². The fourth-order valence-electron chi connectivity index (χ4n) is 3.81. The van der Waals surface area contributed by atoms with Crippen LogP contribution in [-0.4, -0.2) is 24.0 Å². The van der Waals surface area contributed by atoms with E-state index in [1.54, 1.807) is 5.57 Å². The molecule has 1 aliphatic heterocycles. The van der Waals surface area contributed by atoms with Crippen molar-refractivity contribution < 1.29 is 0 Å². The third-order valence-corrected chi connectivity index (χ3v) is 4.84. The molecule has 0 spiro atoms. The molecule has 1 saturated carbocycles. The van der Waals surface area contributed by atoms with Gasteiger partial charge in [0.25, 0.3) is 0 Å².